The molecule has 3 aliphatic rings. The zero-order valence-electron chi connectivity index (χ0n) is 19.6. The fourth-order valence-corrected chi connectivity index (χ4v) is 5.95. The van der Waals surface area contributed by atoms with Crippen LogP contribution in [0.5, 0.6) is 0 Å². The van der Waals surface area contributed by atoms with Crippen molar-refractivity contribution < 1.29 is 23.9 Å². The number of hydrogen-bond donors (Lipinski definition) is 1. The van der Waals surface area contributed by atoms with Crippen molar-refractivity contribution in [2.75, 3.05) is 18.6 Å². The summed E-state index contributed by atoms with van der Waals surface area (Å²) in [6.07, 6.45) is 0.574. The summed E-state index contributed by atoms with van der Waals surface area (Å²) >= 11 is 3.50. The van der Waals surface area contributed by atoms with Crippen LogP contribution in [-0.2, 0) is 24.5 Å². The van der Waals surface area contributed by atoms with E-state index in [2.05, 4.69) is 15.9 Å². The molecule has 1 aliphatic carbocycles. The number of carbonyl (C=O) groups is 3. The first-order chi connectivity index (χ1) is 17.3. The van der Waals surface area contributed by atoms with Crippen LogP contribution in [-0.4, -0.2) is 31.3 Å². The summed E-state index contributed by atoms with van der Waals surface area (Å²) in [4.78, 5) is 43.6. The number of esters is 1. The third-order valence-corrected chi connectivity index (χ3v) is 7.54. The molecule has 3 aromatic carbocycles. The predicted octanol–water partition coefficient (Wildman–Crippen LogP) is 4.58. The molecule has 0 saturated carbocycles. The van der Waals surface area contributed by atoms with E-state index in [1.807, 2.05) is 31.2 Å². The van der Waals surface area contributed by atoms with Crippen molar-refractivity contribution in [2.45, 2.75) is 18.8 Å². The van der Waals surface area contributed by atoms with Gasteiger partial charge in [0.15, 0.2) is 5.78 Å². The molecule has 3 aromatic rings. The summed E-state index contributed by atoms with van der Waals surface area (Å²) in [5, 5.41) is 1.58. The highest BCUT2D eigenvalue weighted by Gasteiger charge is 2.64. The van der Waals surface area contributed by atoms with Crippen LogP contribution in [0.25, 0.3) is 16.5 Å². The van der Waals surface area contributed by atoms with Crippen molar-refractivity contribution in [3.05, 3.63) is 92.8 Å². The second-order valence-corrected chi connectivity index (χ2v) is 9.91. The first-order valence-electron chi connectivity index (χ1n) is 11.6. The SMILES string of the molecule is CCCOC(=O)C1=C(N)OC2=C(C(=O)c3cccc4cccc2c34)C12C(=O)N(C)c1ccc(Br)cc12. The summed E-state index contributed by atoms with van der Waals surface area (Å²) in [5.41, 5.74) is 6.60. The van der Waals surface area contributed by atoms with Crippen molar-refractivity contribution in [3.63, 3.8) is 0 Å². The van der Waals surface area contributed by atoms with E-state index in [0.29, 0.717) is 33.3 Å². The van der Waals surface area contributed by atoms with E-state index in [4.69, 9.17) is 15.2 Å². The zero-order valence-corrected chi connectivity index (χ0v) is 21.1. The highest BCUT2D eigenvalue weighted by molar-refractivity contribution is 9.10. The summed E-state index contributed by atoms with van der Waals surface area (Å²) < 4.78 is 12.2. The van der Waals surface area contributed by atoms with Gasteiger partial charge in [0.2, 0.25) is 11.8 Å². The van der Waals surface area contributed by atoms with Crippen LogP contribution in [0.4, 0.5) is 5.69 Å². The molecule has 0 radical (unpaired) electrons. The first-order valence-corrected chi connectivity index (χ1v) is 12.4. The molecule has 0 saturated heterocycles. The maximum Gasteiger partial charge on any atom is 0.341 e. The lowest BCUT2D eigenvalue weighted by molar-refractivity contribution is -0.141. The molecule has 1 spiro atoms. The lowest BCUT2D eigenvalue weighted by atomic mass is 9.64. The number of halogens is 1. The summed E-state index contributed by atoms with van der Waals surface area (Å²) in [6, 6.07) is 16.4. The summed E-state index contributed by atoms with van der Waals surface area (Å²) in [6.45, 7) is 1.99. The van der Waals surface area contributed by atoms with Gasteiger partial charge in [0.1, 0.15) is 16.7 Å². The molecule has 1 unspecified atom stereocenters. The van der Waals surface area contributed by atoms with E-state index < -0.39 is 23.1 Å². The monoisotopic (exact) mass is 544 g/mol. The van der Waals surface area contributed by atoms with Crippen LogP contribution < -0.4 is 10.6 Å². The fraction of sp³-hybridized carbons (Fsp3) is 0.179. The van der Waals surface area contributed by atoms with E-state index in [-0.39, 0.29) is 29.4 Å². The van der Waals surface area contributed by atoms with Gasteiger partial charge in [-0.25, -0.2) is 4.79 Å². The molecule has 8 heteroatoms. The first kappa shape index (κ1) is 22.5. The van der Waals surface area contributed by atoms with Crippen molar-refractivity contribution in [2.24, 2.45) is 5.73 Å². The molecule has 36 heavy (non-hydrogen) atoms. The number of nitrogens with two attached hydrogens (primary N) is 1. The highest BCUT2D eigenvalue weighted by Crippen LogP contribution is 2.58. The number of benzene rings is 3. The van der Waals surface area contributed by atoms with Crippen LogP contribution in [0, 0.1) is 0 Å². The van der Waals surface area contributed by atoms with E-state index in [1.54, 1.807) is 37.4 Å². The Hall–Kier alpha value is -3.91. The molecule has 0 fully saturated rings. The van der Waals surface area contributed by atoms with Gasteiger partial charge in [0, 0.05) is 39.3 Å². The number of hydrogen-bond acceptors (Lipinski definition) is 6. The average molecular weight is 545 g/mol. The Bertz CT molecular complexity index is 1600. The number of amides is 1. The molecular formula is C28H21BrN2O5. The quantitative estimate of drug-likeness (QED) is 0.484. The fourth-order valence-electron chi connectivity index (χ4n) is 5.59. The lowest BCUT2D eigenvalue weighted by Crippen LogP contribution is -2.50. The molecule has 0 aromatic heterocycles. The molecule has 1 atom stereocenters. The number of likely N-dealkylation sites (N-methyl/N-ethyl adjacent to an activating group) is 1. The van der Waals surface area contributed by atoms with E-state index in [0.717, 1.165) is 10.8 Å². The van der Waals surface area contributed by atoms with Gasteiger partial charge >= 0.3 is 5.97 Å². The van der Waals surface area contributed by atoms with Crippen molar-refractivity contribution >= 4 is 55.8 Å². The van der Waals surface area contributed by atoms with Crippen LogP contribution in [0.1, 0.15) is 34.8 Å². The third-order valence-electron chi connectivity index (χ3n) is 7.05. The zero-order chi connectivity index (χ0) is 25.4. The Balaban J connectivity index is 1.76. The van der Waals surface area contributed by atoms with Gasteiger partial charge < -0.3 is 20.1 Å². The third kappa shape index (κ3) is 2.70. The van der Waals surface area contributed by atoms with Crippen LogP contribution in [0.2, 0.25) is 0 Å². The van der Waals surface area contributed by atoms with Crippen LogP contribution in [0.15, 0.2) is 76.1 Å². The molecule has 2 heterocycles. The molecule has 2 N–H and O–H groups in total. The van der Waals surface area contributed by atoms with E-state index in [1.165, 1.54) is 4.90 Å². The standard InChI is InChI=1S/C28H21BrN2O5/c1-3-12-35-26(33)22-25(30)36-24-17-9-5-7-14-6-4-8-16(20(14)17)23(32)21(24)28(22)18-13-15(29)10-11-19(18)31(2)27(28)34/h4-11,13H,3,12,30H2,1-2H3. The Morgan fingerprint density at radius 2 is 1.83 bits per heavy atom. The number of ether oxygens (including phenoxy) is 2. The average Bonchev–Trinajstić information content (AvgIpc) is 3.07. The maximum atomic E-state index is 14.3. The minimum atomic E-state index is -1.83. The number of Topliss-reactive ketones (excluding diaryl/α,β-unsaturated/α-hetero) is 1. The molecule has 1 amide bonds. The minimum Gasteiger partial charge on any atom is -0.462 e. The Morgan fingerprint density at radius 1 is 1.11 bits per heavy atom. The topological polar surface area (TPSA) is 98.9 Å². The van der Waals surface area contributed by atoms with Crippen molar-refractivity contribution in [1.29, 1.82) is 0 Å². The van der Waals surface area contributed by atoms with Crippen LogP contribution in [0.3, 0.4) is 0 Å². The summed E-state index contributed by atoms with van der Waals surface area (Å²) in [5.74, 6) is -1.73. The lowest BCUT2D eigenvalue weighted by Gasteiger charge is -2.39. The number of rotatable bonds is 3. The van der Waals surface area contributed by atoms with Gasteiger partial charge in [-0.05, 0) is 30.0 Å². The maximum absolute atomic E-state index is 14.3. The number of fused-ring (bicyclic) bond motifs is 4. The largest absolute Gasteiger partial charge is 0.462 e. The Kier molecular flexibility index (Phi) is 4.88. The van der Waals surface area contributed by atoms with E-state index in [9.17, 15) is 14.4 Å². The Morgan fingerprint density at radius 3 is 2.56 bits per heavy atom. The van der Waals surface area contributed by atoms with Gasteiger partial charge in [-0.15, -0.1) is 0 Å². The van der Waals surface area contributed by atoms with Gasteiger partial charge in [0.05, 0.1) is 12.2 Å². The van der Waals surface area contributed by atoms with Gasteiger partial charge in [-0.3, -0.25) is 9.59 Å². The normalized spacial score (nSPS) is 20.1. The molecule has 180 valence electrons. The smallest absolute Gasteiger partial charge is 0.341 e. The minimum absolute atomic E-state index is 0.0695. The molecule has 0 bridgehead atoms. The van der Waals surface area contributed by atoms with Crippen molar-refractivity contribution in [1.82, 2.24) is 0 Å². The van der Waals surface area contributed by atoms with Crippen molar-refractivity contribution in [3.8, 4) is 0 Å². The molecule has 7 nitrogen and oxygen atoms in total. The van der Waals surface area contributed by atoms with Crippen LogP contribution >= 0.6 is 15.9 Å². The Labute approximate surface area is 215 Å². The predicted molar refractivity (Wildman–Crippen MR) is 138 cm³/mol. The van der Waals surface area contributed by atoms with Gasteiger partial charge in [0.25, 0.3) is 0 Å². The molecule has 6 rings (SSSR count). The molecule has 2 aliphatic heterocycles. The summed E-state index contributed by atoms with van der Waals surface area (Å²) in [7, 11) is 1.62. The van der Waals surface area contributed by atoms with E-state index >= 15 is 0 Å². The second-order valence-electron chi connectivity index (χ2n) is 9.00. The number of carbonyl (C=O) groups excluding carboxylic acids is 3. The second kappa shape index (κ2) is 7.80. The van der Waals surface area contributed by atoms with Gasteiger partial charge in [-0.2, -0.15) is 0 Å². The number of anilines is 1. The van der Waals surface area contributed by atoms with Gasteiger partial charge in [-0.1, -0.05) is 59.3 Å². The molecular weight excluding hydrogens is 524 g/mol. The highest BCUT2D eigenvalue weighted by atomic mass is 79.9. The number of nitrogens with zero attached hydrogens (tertiary/aromatic N) is 1. The number of ketones is 1.